The molecular weight excluding hydrogens is 268 g/mol. The van der Waals surface area contributed by atoms with Gasteiger partial charge in [-0.05, 0) is 62.1 Å². The van der Waals surface area contributed by atoms with Crippen molar-refractivity contribution in [2.24, 2.45) is 11.8 Å². The second kappa shape index (κ2) is 5.39. The smallest absolute Gasteiger partial charge is 0.336 e. The SMILES string of the molecule is Cc1c(NC(=O)NC(C2CC2)C2CC2)cccc1C(=O)O. The summed E-state index contributed by atoms with van der Waals surface area (Å²) < 4.78 is 0. The van der Waals surface area contributed by atoms with Crippen molar-refractivity contribution in [2.75, 3.05) is 5.32 Å². The fourth-order valence-corrected chi connectivity index (χ4v) is 2.84. The summed E-state index contributed by atoms with van der Waals surface area (Å²) in [6.07, 6.45) is 4.81. The molecule has 5 heteroatoms. The Balaban J connectivity index is 1.67. The summed E-state index contributed by atoms with van der Waals surface area (Å²) in [6.45, 7) is 1.71. The van der Waals surface area contributed by atoms with E-state index in [9.17, 15) is 9.59 Å². The molecule has 1 aromatic carbocycles. The molecule has 2 aliphatic carbocycles. The molecule has 3 N–H and O–H groups in total. The summed E-state index contributed by atoms with van der Waals surface area (Å²) in [4.78, 5) is 23.3. The molecule has 112 valence electrons. The van der Waals surface area contributed by atoms with Gasteiger partial charge in [0.2, 0.25) is 0 Å². The number of anilines is 1. The van der Waals surface area contributed by atoms with Crippen molar-refractivity contribution in [3.63, 3.8) is 0 Å². The molecule has 0 aromatic heterocycles. The first-order valence-electron chi connectivity index (χ1n) is 7.46. The minimum atomic E-state index is -0.981. The Morgan fingerprint density at radius 1 is 1.19 bits per heavy atom. The zero-order valence-electron chi connectivity index (χ0n) is 12.1. The maximum Gasteiger partial charge on any atom is 0.336 e. The Bertz CT molecular complexity index is 565. The maximum absolute atomic E-state index is 12.2. The van der Waals surface area contributed by atoms with Gasteiger partial charge in [-0.1, -0.05) is 6.07 Å². The average molecular weight is 288 g/mol. The number of urea groups is 1. The van der Waals surface area contributed by atoms with Crippen LogP contribution in [0.25, 0.3) is 0 Å². The van der Waals surface area contributed by atoms with Gasteiger partial charge in [0.15, 0.2) is 0 Å². The largest absolute Gasteiger partial charge is 0.478 e. The molecule has 21 heavy (non-hydrogen) atoms. The van der Waals surface area contributed by atoms with Gasteiger partial charge < -0.3 is 15.7 Å². The monoisotopic (exact) mass is 288 g/mol. The minimum absolute atomic E-state index is 0.216. The van der Waals surface area contributed by atoms with Crippen LogP contribution in [-0.2, 0) is 0 Å². The Morgan fingerprint density at radius 3 is 2.33 bits per heavy atom. The van der Waals surface area contributed by atoms with E-state index in [4.69, 9.17) is 5.11 Å². The summed E-state index contributed by atoms with van der Waals surface area (Å²) in [6, 6.07) is 4.96. The van der Waals surface area contributed by atoms with E-state index in [0.29, 0.717) is 23.1 Å². The number of hydrogen-bond donors (Lipinski definition) is 3. The first kappa shape index (κ1) is 13.9. The average Bonchev–Trinajstić information content (AvgIpc) is 3.30. The maximum atomic E-state index is 12.2. The summed E-state index contributed by atoms with van der Waals surface area (Å²) in [5, 5.41) is 15.0. The number of carbonyl (C=O) groups is 2. The van der Waals surface area contributed by atoms with Gasteiger partial charge in [0.1, 0.15) is 0 Å². The number of nitrogens with one attached hydrogen (secondary N) is 2. The summed E-state index contributed by atoms with van der Waals surface area (Å²) in [7, 11) is 0. The number of rotatable bonds is 5. The van der Waals surface area contributed by atoms with Crippen LogP contribution in [0.15, 0.2) is 18.2 Å². The fraction of sp³-hybridized carbons (Fsp3) is 0.500. The first-order chi connectivity index (χ1) is 10.1. The number of carboxylic acid groups (broad SMARTS) is 1. The van der Waals surface area contributed by atoms with Gasteiger partial charge in [0.25, 0.3) is 0 Å². The van der Waals surface area contributed by atoms with Crippen molar-refractivity contribution >= 4 is 17.7 Å². The standard InChI is InChI=1S/C16H20N2O3/c1-9-12(15(19)20)3-2-4-13(9)17-16(21)18-14(10-5-6-10)11-7-8-11/h2-4,10-11,14H,5-8H2,1H3,(H,19,20)(H2,17,18,21). The Hall–Kier alpha value is -2.04. The predicted molar refractivity (Wildman–Crippen MR) is 79.5 cm³/mol. The van der Waals surface area contributed by atoms with Crippen LogP contribution < -0.4 is 10.6 Å². The third-order valence-corrected chi connectivity index (χ3v) is 4.37. The molecule has 0 heterocycles. The molecule has 0 aliphatic heterocycles. The fourth-order valence-electron chi connectivity index (χ4n) is 2.84. The lowest BCUT2D eigenvalue weighted by molar-refractivity contribution is 0.0696. The normalized spacial score (nSPS) is 17.6. The molecule has 0 radical (unpaired) electrons. The summed E-state index contributed by atoms with van der Waals surface area (Å²) >= 11 is 0. The van der Waals surface area contributed by atoms with Gasteiger partial charge >= 0.3 is 12.0 Å². The highest BCUT2D eigenvalue weighted by molar-refractivity contribution is 5.95. The van der Waals surface area contributed by atoms with Gasteiger partial charge in [0, 0.05) is 11.7 Å². The van der Waals surface area contributed by atoms with Crippen LogP contribution in [0.1, 0.15) is 41.6 Å². The Labute approximate surface area is 123 Å². The first-order valence-corrected chi connectivity index (χ1v) is 7.46. The van der Waals surface area contributed by atoms with Crippen molar-refractivity contribution < 1.29 is 14.7 Å². The van der Waals surface area contributed by atoms with Gasteiger partial charge in [-0.15, -0.1) is 0 Å². The number of aromatic carboxylic acids is 1. The molecule has 2 aliphatic rings. The van der Waals surface area contributed by atoms with Crippen molar-refractivity contribution in [1.82, 2.24) is 5.32 Å². The highest BCUT2D eigenvalue weighted by Gasteiger charge is 2.42. The van der Waals surface area contributed by atoms with Gasteiger partial charge in [-0.2, -0.15) is 0 Å². The van der Waals surface area contributed by atoms with Crippen LogP contribution in [0.3, 0.4) is 0 Å². The second-order valence-corrected chi connectivity index (χ2v) is 6.08. The van der Waals surface area contributed by atoms with Gasteiger partial charge in [0.05, 0.1) is 5.56 Å². The highest BCUT2D eigenvalue weighted by Crippen LogP contribution is 2.44. The van der Waals surface area contributed by atoms with Crippen LogP contribution >= 0.6 is 0 Å². The lowest BCUT2D eigenvalue weighted by Crippen LogP contribution is -2.40. The summed E-state index contributed by atoms with van der Waals surface area (Å²) in [5.74, 6) is 0.287. The number of carboxylic acids is 1. The highest BCUT2D eigenvalue weighted by atomic mass is 16.4. The third kappa shape index (κ3) is 3.17. The van der Waals surface area contributed by atoms with Crippen LogP contribution in [-0.4, -0.2) is 23.1 Å². The number of benzene rings is 1. The second-order valence-electron chi connectivity index (χ2n) is 6.08. The van der Waals surface area contributed by atoms with Gasteiger partial charge in [-0.25, -0.2) is 9.59 Å². The van der Waals surface area contributed by atoms with Crippen molar-refractivity contribution in [1.29, 1.82) is 0 Å². The van der Waals surface area contributed by atoms with E-state index < -0.39 is 5.97 Å². The molecule has 1 aromatic rings. The van der Waals surface area contributed by atoms with Gasteiger partial charge in [-0.3, -0.25) is 0 Å². The lowest BCUT2D eigenvalue weighted by atomic mass is 10.1. The van der Waals surface area contributed by atoms with E-state index in [1.165, 1.54) is 31.7 Å². The Morgan fingerprint density at radius 2 is 1.81 bits per heavy atom. The molecule has 5 nitrogen and oxygen atoms in total. The Kier molecular flexibility index (Phi) is 3.57. The van der Waals surface area contributed by atoms with E-state index in [1.54, 1.807) is 19.1 Å². The van der Waals surface area contributed by atoms with E-state index >= 15 is 0 Å². The number of carbonyl (C=O) groups excluding carboxylic acids is 1. The molecule has 0 atom stereocenters. The molecular formula is C16H20N2O3. The topological polar surface area (TPSA) is 78.4 Å². The minimum Gasteiger partial charge on any atom is -0.478 e. The number of amides is 2. The third-order valence-electron chi connectivity index (χ3n) is 4.37. The van der Waals surface area contributed by atoms with Crippen LogP contribution in [0.4, 0.5) is 10.5 Å². The predicted octanol–water partition coefficient (Wildman–Crippen LogP) is 3.00. The molecule has 0 unspecified atom stereocenters. The zero-order chi connectivity index (χ0) is 15.0. The lowest BCUT2D eigenvalue weighted by Gasteiger charge is -2.19. The molecule has 2 fully saturated rings. The molecule has 0 spiro atoms. The molecule has 0 bridgehead atoms. The van der Waals surface area contributed by atoms with Crippen LogP contribution in [0.2, 0.25) is 0 Å². The van der Waals surface area contributed by atoms with Crippen LogP contribution in [0.5, 0.6) is 0 Å². The van der Waals surface area contributed by atoms with E-state index in [1.807, 2.05) is 0 Å². The molecule has 2 saturated carbocycles. The number of hydrogen-bond acceptors (Lipinski definition) is 2. The van der Waals surface area contributed by atoms with Crippen molar-refractivity contribution in [3.05, 3.63) is 29.3 Å². The van der Waals surface area contributed by atoms with Crippen molar-refractivity contribution in [3.8, 4) is 0 Å². The molecule has 0 saturated heterocycles. The van der Waals surface area contributed by atoms with Crippen molar-refractivity contribution in [2.45, 2.75) is 38.6 Å². The van der Waals surface area contributed by atoms with E-state index in [2.05, 4.69) is 10.6 Å². The molecule has 2 amide bonds. The van der Waals surface area contributed by atoms with E-state index in [0.717, 1.165) is 0 Å². The molecule has 3 rings (SSSR count). The van der Waals surface area contributed by atoms with Crippen LogP contribution in [0, 0.1) is 18.8 Å². The quantitative estimate of drug-likeness (QED) is 0.779. The summed E-state index contributed by atoms with van der Waals surface area (Å²) in [5.41, 5.74) is 1.35. The van der Waals surface area contributed by atoms with E-state index in [-0.39, 0.29) is 17.6 Å². The zero-order valence-corrected chi connectivity index (χ0v) is 12.1.